The first-order chi connectivity index (χ1) is 9.47. The third kappa shape index (κ3) is 6.10. The van der Waals surface area contributed by atoms with Crippen LogP contribution < -0.4 is 5.32 Å². The quantitative estimate of drug-likeness (QED) is 0.631. The topological polar surface area (TPSA) is 49.4 Å². The molecule has 1 saturated carbocycles. The smallest absolute Gasteiger partial charge is 0.214 e. The molecule has 20 heavy (non-hydrogen) atoms. The van der Waals surface area contributed by atoms with Crippen LogP contribution in [0.25, 0.3) is 0 Å². The molecule has 1 rings (SSSR count). The summed E-state index contributed by atoms with van der Waals surface area (Å²) < 4.78 is 27.0. The standard InChI is InChI=1S/C15H32N2O2S/c1-4-16-11-7-8-12-20(18,19)17(13-14(2)3)15-9-5-6-10-15/h14-16H,4-13H2,1-3H3. The van der Waals surface area contributed by atoms with Crippen molar-refractivity contribution in [2.75, 3.05) is 25.4 Å². The predicted molar refractivity (Wildman–Crippen MR) is 85.4 cm³/mol. The number of sulfonamides is 1. The fourth-order valence-electron chi connectivity index (χ4n) is 2.87. The molecule has 0 atom stereocenters. The molecule has 5 heteroatoms. The van der Waals surface area contributed by atoms with Crippen LogP contribution in [0.3, 0.4) is 0 Å². The normalized spacial score (nSPS) is 17.4. The first-order valence-corrected chi connectivity index (χ1v) is 9.78. The van der Waals surface area contributed by atoms with Crippen molar-refractivity contribution in [1.82, 2.24) is 9.62 Å². The molecule has 1 aliphatic carbocycles. The molecule has 0 aromatic rings. The Labute approximate surface area is 125 Å². The van der Waals surface area contributed by atoms with Gasteiger partial charge in [-0.25, -0.2) is 8.42 Å². The molecule has 0 aromatic heterocycles. The van der Waals surface area contributed by atoms with Crippen LogP contribution in [0, 0.1) is 5.92 Å². The lowest BCUT2D eigenvalue weighted by Gasteiger charge is -2.29. The molecule has 0 aromatic carbocycles. The maximum absolute atomic E-state index is 12.6. The molecule has 0 bridgehead atoms. The van der Waals surface area contributed by atoms with Crippen LogP contribution in [0.5, 0.6) is 0 Å². The summed E-state index contributed by atoms with van der Waals surface area (Å²) in [7, 11) is -3.08. The Morgan fingerprint density at radius 1 is 1.20 bits per heavy atom. The van der Waals surface area contributed by atoms with Crippen molar-refractivity contribution in [3.05, 3.63) is 0 Å². The fourth-order valence-corrected chi connectivity index (χ4v) is 4.86. The minimum atomic E-state index is -3.08. The summed E-state index contributed by atoms with van der Waals surface area (Å²) in [5.74, 6) is 0.703. The zero-order valence-corrected chi connectivity index (χ0v) is 14.2. The lowest BCUT2D eigenvalue weighted by Crippen LogP contribution is -2.42. The second-order valence-electron chi connectivity index (χ2n) is 6.28. The van der Waals surface area contributed by atoms with Gasteiger partial charge >= 0.3 is 0 Å². The molecular formula is C15H32N2O2S. The average Bonchev–Trinajstić information content (AvgIpc) is 2.88. The Kier molecular flexibility index (Phi) is 8.07. The Hall–Kier alpha value is -0.130. The summed E-state index contributed by atoms with van der Waals surface area (Å²) in [4.78, 5) is 0. The van der Waals surface area contributed by atoms with Crippen molar-refractivity contribution in [1.29, 1.82) is 0 Å². The van der Waals surface area contributed by atoms with Crippen LogP contribution >= 0.6 is 0 Å². The highest BCUT2D eigenvalue weighted by atomic mass is 32.2. The second-order valence-corrected chi connectivity index (χ2v) is 8.32. The van der Waals surface area contributed by atoms with E-state index in [1.807, 2.05) is 4.31 Å². The van der Waals surface area contributed by atoms with Crippen molar-refractivity contribution in [2.45, 2.75) is 65.3 Å². The van der Waals surface area contributed by atoms with Crippen LogP contribution in [0.1, 0.15) is 59.3 Å². The van der Waals surface area contributed by atoms with Gasteiger partial charge in [0.05, 0.1) is 5.75 Å². The van der Waals surface area contributed by atoms with Gasteiger partial charge in [0.25, 0.3) is 0 Å². The maximum Gasteiger partial charge on any atom is 0.214 e. The largest absolute Gasteiger partial charge is 0.317 e. The van der Waals surface area contributed by atoms with E-state index in [0.29, 0.717) is 18.2 Å². The Balaban J connectivity index is 2.53. The molecule has 0 spiro atoms. The predicted octanol–water partition coefficient (Wildman–Crippen LogP) is 2.61. The fraction of sp³-hybridized carbons (Fsp3) is 1.00. The van der Waals surface area contributed by atoms with E-state index in [2.05, 4.69) is 26.1 Å². The maximum atomic E-state index is 12.6. The lowest BCUT2D eigenvalue weighted by molar-refractivity contribution is 0.292. The summed E-state index contributed by atoms with van der Waals surface area (Å²) in [6.45, 7) is 8.82. The Bertz CT molecular complexity index is 349. The minimum absolute atomic E-state index is 0.260. The van der Waals surface area contributed by atoms with Gasteiger partial charge < -0.3 is 5.32 Å². The van der Waals surface area contributed by atoms with Gasteiger partial charge in [0.1, 0.15) is 0 Å². The lowest BCUT2D eigenvalue weighted by atomic mass is 10.2. The van der Waals surface area contributed by atoms with Gasteiger partial charge in [-0.05, 0) is 44.7 Å². The van der Waals surface area contributed by atoms with Gasteiger partial charge in [0.15, 0.2) is 0 Å². The van der Waals surface area contributed by atoms with Gasteiger partial charge in [0.2, 0.25) is 10.0 Å². The van der Waals surface area contributed by atoms with Gasteiger partial charge in [-0.1, -0.05) is 33.6 Å². The highest BCUT2D eigenvalue weighted by Crippen LogP contribution is 2.27. The van der Waals surface area contributed by atoms with E-state index in [1.165, 1.54) is 12.8 Å². The Morgan fingerprint density at radius 2 is 1.85 bits per heavy atom. The van der Waals surface area contributed by atoms with Crippen molar-refractivity contribution < 1.29 is 8.42 Å². The van der Waals surface area contributed by atoms with Crippen LogP contribution in [0.15, 0.2) is 0 Å². The van der Waals surface area contributed by atoms with E-state index in [0.717, 1.165) is 38.8 Å². The average molecular weight is 305 g/mol. The molecular weight excluding hydrogens is 272 g/mol. The second kappa shape index (κ2) is 9.00. The van der Waals surface area contributed by atoms with Gasteiger partial charge in [-0.3, -0.25) is 0 Å². The molecule has 1 fully saturated rings. The number of hydrogen-bond acceptors (Lipinski definition) is 3. The highest BCUT2D eigenvalue weighted by molar-refractivity contribution is 7.89. The van der Waals surface area contributed by atoms with Crippen LogP contribution in [0.4, 0.5) is 0 Å². The molecule has 1 N–H and O–H groups in total. The van der Waals surface area contributed by atoms with Crippen LogP contribution in [0.2, 0.25) is 0 Å². The first-order valence-electron chi connectivity index (χ1n) is 8.17. The molecule has 120 valence electrons. The summed E-state index contributed by atoms with van der Waals surface area (Å²) in [5, 5.41) is 3.24. The van der Waals surface area contributed by atoms with Crippen molar-refractivity contribution in [3.63, 3.8) is 0 Å². The number of hydrogen-bond donors (Lipinski definition) is 1. The number of rotatable bonds is 10. The van der Waals surface area contributed by atoms with E-state index < -0.39 is 10.0 Å². The van der Waals surface area contributed by atoms with Crippen LogP contribution in [-0.4, -0.2) is 44.2 Å². The molecule has 0 saturated heterocycles. The molecule has 0 radical (unpaired) electrons. The third-order valence-corrected chi connectivity index (χ3v) is 5.86. The SMILES string of the molecule is CCNCCCCS(=O)(=O)N(CC(C)C)C1CCCC1. The van der Waals surface area contributed by atoms with Gasteiger partial charge in [-0.15, -0.1) is 0 Å². The molecule has 0 unspecified atom stereocenters. The minimum Gasteiger partial charge on any atom is -0.317 e. The van der Waals surface area contributed by atoms with E-state index in [4.69, 9.17) is 0 Å². The number of nitrogens with one attached hydrogen (secondary N) is 1. The molecule has 0 heterocycles. The Morgan fingerprint density at radius 3 is 2.40 bits per heavy atom. The summed E-state index contributed by atoms with van der Waals surface area (Å²) in [6, 6.07) is 0.260. The first kappa shape index (κ1) is 17.9. The molecule has 0 aliphatic heterocycles. The van der Waals surface area contributed by atoms with E-state index in [-0.39, 0.29) is 6.04 Å². The van der Waals surface area contributed by atoms with E-state index >= 15 is 0 Å². The van der Waals surface area contributed by atoms with E-state index in [1.54, 1.807) is 0 Å². The van der Waals surface area contributed by atoms with Crippen molar-refractivity contribution in [2.24, 2.45) is 5.92 Å². The molecule has 0 amide bonds. The van der Waals surface area contributed by atoms with E-state index in [9.17, 15) is 8.42 Å². The molecule has 1 aliphatic rings. The van der Waals surface area contributed by atoms with Crippen LogP contribution in [-0.2, 0) is 10.0 Å². The monoisotopic (exact) mass is 304 g/mol. The third-order valence-electron chi connectivity index (χ3n) is 3.89. The number of unbranched alkanes of at least 4 members (excludes halogenated alkanes) is 1. The summed E-state index contributed by atoms with van der Waals surface area (Å²) in [5.41, 5.74) is 0. The number of nitrogens with zero attached hydrogens (tertiary/aromatic N) is 1. The molecule has 4 nitrogen and oxygen atoms in total. The summed E-state index contributed by atoms with van der Waals surface area (Å²) >= 11 is 0. The zero-order chi connectivity index (χ0) is 15.0. The summed E-state index contributed by atoms with van der Waals surface area (Å²) in [6.07, 6.45) is 6.14. The zero-order valence-electron chi connectivity index (χ0n) is 13.4. The van der Waals surface area contributed by atoms with Crippen molar-refractivity contribution in [3.8, 4) is 0 Å². The van der Waals surface area contributed by atoms with Gasteiger partial charge in [-0.2, -0.15) is 4.31 Å². The van der Waals surface area contributed by atoms with Gasteiger partial charge in [0, 0.05) is 12.6 Å². The van der Waals surface area contributed by atoms with Crippen molar-refractivity contribution >= 4 is 10.0 Å². The highest BCUT2D eigenvalue weighted by Gasteiger charge is 2.31.